The molecule has 1 heterocycles. The molecular formula is C12H21N5O. The largest absolute Gasteiger partial charge is 0.372 e. The molecule has 0 aliphatic heterocycles. The number of carbonyl (C=O) groups is 1. The molecule has 0 saturated heterocycles. The fourth-order valence-corrected chi connectivity index (χ4v) is 1.33. The Morgan fingerprint density at radius 3 is 2.78 bits per heavy atom. The van der Waals surface area contributed by atoms with Gasteiger partial charge in [-0.2, -0.15) is 0 Å². The van der Waals surface area contributed by atoms with Crippen LogP contribution in [-0.4, -0.2) is 43.1 Å². The summed E-state index contributed by atoms with van der Waals surface area (Å²) in [6.45, 7) is 5.08. The van der Waals surface area contributed by atoms with Gasteiger partial charge in [0.1, 0.15) is 11.6 Å². The molecule has 0 aromatic carbocycles. The van der Waals surface area contributed by atoms with Gasteiger partial charge in [-0.25, -0.2) is 4.98 Å². The first-order valence-electron chi connectivity index (χ1n) is 6.00. The van der Waals surface area contributed by atoms with Crippen LogP contribution in [0.4, 0.5) is 11.6 Å². The molecule has 0 unspecified atom stereocenters. The van der Waals surface area contributed by atoms with E-state index in [9.17, 15) is 4.79 Å². The Hall–Kier alpha value is -1.85. The van der Waals surface area contributed by atoms with E-state index in [1.165, 1.54) is 0 Å². The lowest BCUT2D eigenvalue weighted by Crippen LogP contribution is -2.37. The monoisotopic (exact) mass is 251 g/mol. The molecule has 0 radical (unpaired) electrons. The minimum absolute atomic E-state index is 0.0112. The Morgan fingerprint density at radius 1 is 1.44 bits per heavy atom. The Morgan fingerprint density at radius 2 is 2.17 bits per heavy atom. The number of amides is 1. The Balaban J connectivity index is 2.53. The highest BCUT2D eigenvalue weighted by Gasteiger charge is 2.09. The van der Waals surface area contributed by atoms with E-state index in [1.54, 1.807) is 24.3 Å². The minimum atomic E-state index is -0.0112. The third-order valence-electron chi connectivity index (χ3n) is 2.36. The molecule has 18 heavy (non-hydrogen) atoms. The summed E-state index contributed by atoms with van der Waals surface area (Å²) >= 11 is 0. The van der Waals surface area contributed by atoms with Crippen molar-refractivity contribution in [1.82, 2.24) is 15.3 Å². The molecule has 2 N–H and O–H groups in total. The maximum Gasteiger partial charge on any atom is 0.239 e. The number of hydrogen-bond acceptors (Lipinski definition) is 5. The molecule has 1 rings (SSSR count). The maximum absolute atomic E-state index is 11.7. The van der Waals surface area contributed by atoms with Gasteiger partial charge in [0.05, 0.1) is 18.9 Å². The lowest BCUT2D eigenvalue weighted by molar-refractivity contribution is -0.119. The summed E-state index contributed by atoms with van der Waals surface area (Å²) in [5.74, 6) is 1.79. The van der Waals surface area contributed by atoms with E-state index in [4.69, 9.17) is 0 Å². The van der Waals surface area contributed by atoms with Crippen LogP contribution < -0.4 is 15.5 Å². The molecular weight excluding hydrogens is 230 g/mol. The smallest absolute Gasteiger partial charge is 0.239 e. The fourth-order valence-electron chi connectivity index (χ4n) is 1.33. The van der Waals surface area contributed by atoms with Crippen LogP contribution in [0.5, 0.6) is 0 Å². The van der Waals surface area contributed by atoms with Gasteiger partial charge in [-0.15, -0.1) is 0 Å². The van der Waals surface area contributed by atoms with Crippen LogP contribution >= 0.6 is 0 Å². The van der Waals surface area contributed by atoms with Crippen LogP contribution in [-0.2, 0) is 4.79 Å². The lowest BCUT2D eigenvalue weighted by atomic mass is 10.2. The predicted molar refractivity (Wildman–Crippen MR) is 72.7 cm³/mol. The van der Waals surface area contributed by atoms with Crippen LogP contribution in [0.2, 0.25) is 0 Å². The molecule has 1 amide bonds. The van der Waals surface area contributed by atoms with Crippen molar-refractivity contribution in [3.63, 3.8) is 0 Å². The maximum atomic E-state index is 11.7. The van der Waals surface area contributed by atoms with E-state index in [1.807, 2.05) is 7.05 Å². The average molecular weight is 251 g/mol. The molecule has 1 aromatic heterocycles. The topological polar surface area (TPSA) is 70.2 Å². The minimum Gasteiger partial charge on any atom is -0.372 e. The standard InChI is InChI=1S/C12H21N5O/c1-9(2)5-15-12(18)8-17(4)11-7-14-6-10(13-3)16-11/h6-7,9H,5,8H2,1-4H3,(H,13,16)(H,15,18). The number of hydrogen-bond donors (Lipinski definition) is 2. The zero-order valence-electron chi connectivity index (χ0n) is 11.4. The molecule has 100 valence electrons. The highest BCUT2D eigenvalue weighted by molar-refractivity contribution is 5.80. The number of aromatic nitrogens is 2. The van der Waals surface area contributed by atoms with Crippen molar-refractivity contribution in [3.8, 4) is 0 Å². The number of nitrogens with zero attached hydrogens (tertiary/aromatic N) is 3. The van der Waals surface area contributed by atoms with Crippen LogP contribution in [0.25, 0.3) is 0 Å². The molecule has 6 heteroatoms. The Bertz CT molecular complexity index is 394. The number of nitrogens with one attached hydrogen (secondary N) is 2. The first-order chi connectivity index (χ1) is 8.52. The molecule has 0 atom stereocenters. The summed E-state index contributed by atoms with van der Waals surface area (Å²) in [6.07, 6.45) is 3.27. The van der Waals surface area contributed by atoms with E-state index >= 15 is 0 Å². The summed E-state index contributed by atoms with van der Waals surface area (Å²) in [7, 11) is 3.60. The SMILES string of the molecule is CNc1cncc(N(C)CC(=O)NCC(C)C)n1. The normalized spacial score (nSPS) is 10.3. The third-order valence-corrected chi connectivity index (χ3v) is 2.36. The molecule has 0 spiro atoms. The van der Waals surface area contributed by atoms with Crippen molar-refractivity contribution >= 4 is 17.5 Å². The van der Waals surface area contributed by atoms with Crippen LogP contribution in [0.1, 0.15) is 13.8 Å². The van der Waals surface area contributed by atoms with Gasteiger partial charge < -0.3 is 15.5 Å². The van der Waals surface area contributed by atoms with Gasteiger partial charge >= 0.3 is 0 Å². The highest BCUT2D eigenvalue weighted by atomic mass is 16.2. The van der Waals surface area contributed by atoms with Crippen molar-refractivity contribution in [2.45, 2.75) is 13.8 Å². The molecule has 0 saturated carbocycles. The van der Waals surface area contributed by atoms with Gasteiger partial charge in [-0.3, -0.25) is 9.78 Å². The van der Waals surface area contributed by atoms with Crippen molar-refractivity contribution in [1.29, 1.82) is 0 Å². The summed E-state index contributed by atoms with van der Waals surface area (Å²) in [4.78, 5) is 21.8. The fraction of sp³-hybridized carbons (Fsp3) is 0.583. The Kier molecular flexibility index (Phi) is 5.35. The number of likely N-dealkylation sites (N-methyl/N-ethyl adjacent to an activating group) is 1. The van der Waals surface area contributed by atoms with Crippen molar-refractivity contribution < 1.29 is 4.79 Å². The van der Waals surface area contributed by atoms with E-state index < -0.39 is 0 Å². The van der Waals surface area contributed by atoms with Crippen molar-refractivity contribution in [2.75, 3.05) is 37.4 Å². The quantitative estimate of drug-likeness (QED) is 0.780. The molecule has 0 aliphatic rings. The van der Waals surface area contributed by atoms with E-state index in [0.717, 1.165) is 0 Å². The van der Waals surface area contributed by atoms with E-state index in [0.29, 0.717) is 24.1 Å². The average Bonchev–Trinajstić information content (AvgIpc) is 2.36. The lowest BCUT2D eigenvalue weighted by Gasteiger charge is -2.18. The molecule has 0 bridgehead atoms. The first-order valence-corrected chi connectivity index (χ1v) is 6.00. The second-order valence-corrected chi connectivity index (χ2v) is 4.57. The first kappa shape index (κ1) is 14.2. The van der Waals surface area contributed by atoms with E-state index in [-0.39, 0.29) is 12.5 Å². The van der Waals surface area contributed by atoms with Crippen molar-refractivity contribution in [3.05, 3.63) is 12.4 Å². The van der Waals surface area contributed by atoms with Crippen LogP contribution in [0.15, 0.2) is 12.4 Å². The molecule has 0 fully saturated rings. The summed E-state index contributed by atoms with van der Waals surface area (Å²) in [5, 5.41) is 5.78. The second kappa shape index (κ2) is 6.78. The second-order valence-electron chi connectivity index (χ2n) is 4.57. The summed E-state index contributed by atoms with van der Waals surface area (Å²) < 4.78 is 0. The van der Waals surface area contributed by atoms with Gasteiger partial charge in [0.15, 0.2) is 0 Å². The zero-order valence-corrected chi connectivity index (χ0v) is 11.4. The van der Waals surface area contributed by atoms with Gasteiger partial charge in [0.25, 0.3) is 0 Å². The summed E-state index contributed by atoms with van der Waals surface area (Å²) in [6, 6.07) is 0. The number of anilines is 2. The molecule has 6 nitrogen and oxygen atoms in total. The third kappa shape index (κ3) is 4.57. The van der Waals surface area contributed by atoms with Gasteiger partial charge in [0, 0.05) is 20.6 Å². The van der Waals surface area contributed by atoms with Crippen molar-refractivity contribution in [2.24, 2.45) is 5.92 Å². The van der Waals surface area contributed by atoms with Gasteiger partial charge in [0.2, 0.25) is 5.91 Å². The van der Waals surface area contributed by atoms with Gasteiger partial charge in [-0.1, -0.05) is 13.8 Å². The number of rotatable bonds is 6. The van der Waals surface area contributed by atoms with Gasteiger partial charge in [-0.05, 0) is 5.92 Å². The molecule has 0 aliphatic carbocycles. The highest BCUT2D eigenvalue weighted by Crippen LogP contribution is 2.09. The van der Waals surface area contributed by atoms with Crippen LogP contribution in [0, 0.1) is 5.92 Å². The number of carbonyl (C=O) groups excluding carboxylic acids is 1. The zero-order chi connectivity index (χ0) is 13.5. The summed E-state index contributed by atoms with van der Waals surface area (Å²) in [5.41, 5.74) is 0. The Labute approximate surface area is 108 Å². The molecule has 1 aromatic rings. The van der Waals surface area contributed by atoms with Crippen LogP contribution in [0.3, 0.4) is 0 Å². The van der Waals surface area contributed by atoms with E-state index in [2.05, 4.69) is 34.4 Å². The predicted octanol–water partition coefficient (Wildman–Crippen LogP) is 0.727.